The lowest BCUT2D eigenvalue weighted by molar-refractivity contribution is -0.137. The number of halogens is 3. The SMILES string of the molecule is CCCCCCCCC(=O)O.O=P(Cl)(Cl)Cl. The van der Waals surface area contributed by atoms with Crippen LogP contribution in [-0.4, -0.2) is 11.1 Å². The zero-order valence-electron chi connectivity index (χ0n) is 9.29. The molecule has 0 fully saturated rings. The van der Waals surface area contributed by atoms with E-state index < -0.39 is 11.2 Å². The van der Waals surface area contributed by atoms with Crippen molar-refractivity contribution in [3.8, 4) is 0 Å². The van der Waals surface area contributed by atoms with Crippen LogP contribution in [0.1, 0.15) is 51.9 Å². The summed E-state index contributed by atoms with van der Waals surface area (Å²) in [5.74, 6) is -0.666. The van der Waals surface area contributed by atoms with Gasteiger partial charge in [-0.2, -0.15) is 0 Å². The van der Waals surface area contributed by atoms with E-state index in [0.717, 1.165) is 12.8 Å². The van der Waals surface area contributed by atoms with Gasteiger partial charge in [0.15, 0.2) is 0 Å². The van der Waals surface area contributed by atoms with Gasteiger partial charge in [-0.05, 0) is 40.1 Å². The first-order valence-corrected chi connectivity index (χ1v) is 9.60. The molecule has 0 aromatic carbocycles. The molecule has 0 saturated carbocycles. The van der Waals surface area contributed by atoms with Crippen LogP contribution < -0.4 is 0 Å². The normalized spacial score (nSPS) is 10.5. The van der Waals surface area contributed by atoms with E-state index in [0.29, 0.717) is 6.42 Å². The van der Waals surface area contributed by atoms with Gasteiger partial charge in [0.1, 0.15) is 0 Å². The zero-order chi connectivity index (χ0) is 13.0. The molecule has 0 aliphatic carbocycles. The Hall–Kier alpha value is 0.570. The van der Waals surface area contributed by atoms with Gasteiger partial charge < -0.3 is 5.11 Å². The highest BCUT2D eigenvalue weighted by molar-refractivity contribution is 8.24. The van der Waals surface area contributed by atoms with Gasteiger partial charge in [-0.1, -0.05) is 39.0 Å². The van der Waals surface area contributed by atoms with Gasteiger partial charge in [-0.15, -0.1) is 0 Å². The van der Waals surface area contributed by atoms with Crippen molar-refractivity contribution >= 4 is 44.9 Å². The molecule has 0 spiro atoms. The molecule has 7 heteroatoms. The zero-order valence-corrected chi connectivity index (χ0v) is 12.5. The topological polar surface area (TPSA) is 54.4 Å². The molecule has 3 nitrogen and oxygen atoms in total. The lowest BCUT2D eigenvalue weighted by Gasteiger charge is -1.97. The van der Waals surface area contributed by atoms with E-state index in [-0.39, 0.29) is 0 Å². The minimum absolute atomic E-state index is 0.339. The van der Waals surface area contributed by atoms with E-state index in [2.05, 4.69) is 40.6 Å². The predicted molar refractivity (Wildman–Crippen MR) is 70.8 cm³/mol. The number of carboxylic acids is 1. The van der Waals surface area contributed by atoms with Crippen LogP contribution in [-0.2, 0) is 9.36 Å². The fraction of sp³-hybridized carbons (Fsp3) is 0.889. The van der Waals surface area contributed by atoms with Gasteiger partial charge in [0.05, 0.1) is 0 Å². The molecule has 0 unspecified atom stereocenters. The quantitative estimate of drug-likeness (QED) is 0.489. The minimum atomic E-state index is -3.22. The highest BCUT2D eigenvalue weighted by Gasteiger charge is 2.03. The Labute approximate surface area is 111 Å². The number of hydrogen-bond donors (Lipinski definition) is 1. The van der Waals surface area contributed by atoms with Gasteiger partial charge in [0, 0.05) is 6.42 Å². The average Bonchev–Trinajstić information content (AvgIpc) is 2.08. The molecule has 98 valence electrons. The number of carboxylic acid groups (broad SMARTS) is 1. The number of rotatable bonds is 7. The molecule has 0 heterocycles. The lowest BCUT2D eigenvalue weighted by atomic mass is 10.1. The largest absolute Gasteiger partial charge is 0.481 e. The first-order valence-electron chi connectivity index (χ1n) is 5.18. The molecule has 0 rings (SSSR count). The second-order valence-corrected chi connectivity index (χ2v) is 9.95. The second kappa shape index (κ2) is 12.0. The minimum Gasteiger partial charge on any atom is -0.481 e. The molecule has 0 aromatic heterocycles. The van der Waals surface area contributed by atoms with Crippen molar-refractivity contribution in [2.24, 2.45) is 0 Å². The molecule has 0 radical (unpaired) electrons. The summed E-state index contributed by atoms with van der Waals surface area (Å²) in [6, 6.07) is 0. The van der Waals surface area contributed by atoms with E-state index in [1.807, 2.05) is 0 Å². The highest BCUT2D eigenvalue weighted by Crippen LogP contribution is 2.61. The van der Waals surface area contributed by atoms with Crippen molar-refractivity contribution in [3.63, 3.8) is 0 Å². The maximum Gasteiger partial charge on any atom is 0.339 e. The van der Waals surface area contributed by atoms with Crippen LogP contribution in [0, 0.1) is 0 Å². The molecule has 0 aromatic rings. The monoisotopic (exact) mass is 310 g/mol. The Kier molecular flexibility index (Phi) is 14.2. The van der Waals surface area contributed by atoms with Gasteiger partial charge in [-0.25, -0.2) is 0 Å². The second-order valence-electron chi connectivity index (χ2n) is 3.31. The molecule has 0 saturated heterocycles. The Morgan fingerprint density at radius 3 is 1.81 bits per heavy atom. The summed E-state index contributed by atoms with van der Waals surface area (Å²) in [4.78, 5) is 10.1. The van der Waals surface area contributed by atoms with Gasteiger partial charge in [-0.3, -0.25) is 9.36 Å². The fourth-order valence-electron chi connectivity index (χ4n) is 1.06. The smallest absolute Gasteiger partial charge is 0.339 e. The summed E-state index contributed by atoms with van der Waals surface area (Å²) in [5, 5.41) is 5.09. The Bertz CT molecular complexity index is 210. The maximum absolute atomic E-state index is 10.1. The number of carbonyl (C=O) groups is 1. The van der Waals surface area contributed by atoms with Crippen molar-refractivity contribution in [3.05, 3.63) is 0 Å². The van der Waals surface area contributed by atoms with Crippen LogP contribution in [0.3, 0.4) is 0 Å². The van der Waals surface area contributed by atoms with Crippen LogP contribution in [0.4, 0.5) is 0 Å². The molecule has 1 N–H and O–H groups in total. The number of unbranched alkanes of at least 4 members (excludes halogenated alkanes) is 5. The van der Waals surface area contributed by atoms with E-state index in [9.17, 15) is 9.36 Å². The van der Waals surface area contributed by atoms with Crippen LogP contribution in [0.15, 0.2) is 0 Å². The van der Waals surface area contributed by atoms with Gasteiger partial charge >= 0.3 is 11.2 Å². The summed E-state index contributed by atoms with van der Waals surface area (Å²) in [6.45, 7) is 2.18. The van der Waals surface area contributed by atoms with Crippen LogP contribution in [0.2, 0.25) is 0 Å². The summed E-state index contributed by atoms with van der Waals surface area (Å²) >= 11 is 13.8. The first kappa shape index (κ1) is 18.9. The average molecular weight is 312 g/mol. The molecule has 0 aliphatic rings. The molecule has 0 atom stereocenters. The van der Waals surface area contributed by atoms with Crippen molar-refractivity contribution in [1.82, 2.24) is 0 Å². The lowest BCUT2D eigenvalue weighted by Crippen LogP contribution is -1.93. The third kappa shape index (κ3) is 36.5. The summed E-state index contributed by atoms with van der Waals surface area (Å²) < 4.78 is 9.51. The summed E-state index contributed by atoms with van der Waals surface area (Å²) in [6.07, 6.45) is 7.25. The van der Waals surface area contributed by atoms with Crippen LogP contribution >= 0.6 is 38.9 Å². The Morgan fingerprint density at radius 2 is 1.44 bits per heavy atom. The third-order valence-corrected chi connectivity index (χ3v) is 1.74. The molecule has 0 amide bonds. The van der Waals surface area contributed by atoms with E-state index in [1.54, 1.807) is 0 Å². The predicted octanol–water partition coefficient (Wildman–Crippen LogP) is 5.63. The molecule has 0 aliphatic heterocycles. The fourth-order valence-corrected chi connectivity index (χ4v) is 1.06. The number of aliphatic carboxylic acids is 1. The van der Waals surface area contributed by atoms with Gasteiger partial charge in [0.25, 0.3) is 0 Å². The third-order valence-electron chi connectivity index (χ3n) is 1.74. The molecular formula is C9H18Cl3O3P. The maximum atomic E-state index is 10.1. The summed E-state index contributed by atoms with van der Waals surface area (Å²) in [5.41, 5.74) is 0. The van der Waals surface area contributed by atoms with E-state index >= 15 is 0 Å². The van der Waals surface area contributed by atoms with Crippen molar-refractivity contribution in [2.75, 3.05) is 0 Å². The van der Waals surface area contributed by atoms with E-state index in [4.69, 9.17) is 5.11 Å². The standard InChI is InChI=1S/C9H18O2.Cl3OP/c1-2-3-4-5-6-7-8-9(10)11;1-5(2,3)4/h2-8H2,1H3,(H,10,11);. The van der Waals surface area contributed by atoms with Crippen LogP contribution in [0.25, 0.3) is 0 Å². The van der Waals surface area contributed by atoms with Crippen molar-refractivity contribution in [2.45, 2.75) is 51.9 Å². The highest BCUT2D eigenvalue weighted by atomic mass is 36.0. The molecule has 16 heavy (non-hydrogen) atoms. The number of hydrogen-bond acceptors (Lipinski definition) is 2. The molecular weight excluding hydrogens is 293 g/mol. The van der Waals surface area contributed by atoms with E-state index in [1.165, 1.54) is 25.7 Å². The Balaban J connectivity index is 0. The van der Waals surface area contributed by atoms with Crippen molar-refractivity contribution < 1.29 is 14.5 Å². The van der Waals surface area contributed by atoms with Gasteiger partial charge in [0.2, 0.25) is 0 Å². The first-order chi connectivity index (χ1) is 7.27. The van der Waals surface area contributed by atoms with Crippen molar-refractivity contribution in [1.29, 1.82) is 0 Å². The van der Waals surface area contributed by atoms with Crippen LogP contribution in [0.5, 0.6) is 0 Å². The molecule has 0 bridgehead atoms. The Morgan fingerprint density at radius 1 is 1.06 bits per heavy atom. The summed E-state index contributed by atoms with van der Waals surface area (Å²) in [7, 11) is 0.